The van der Waals surface area contributed by atoms with E-state index >= 15 is 0 Å². The molecule has 0 atom stereocenters. The number of aromatic nitrogens is 3. The number of nitrogens with zero attached hydrogens (tertiary/aromatic N) is 4. The minimum Gasteiger partial charge on any atom is -0.481 e. The van der Waals surface area contributed by atoms with Crippen LogP contribution >= 0.6 is 0 Å². The first-order valence-corrected chi connectivity index (χ1v) is 8.94. The van der Waals surface area contributed by atoms with Crippen LogP contribution in [0.1, 0.15) is 32.7 Å². The van der Waals surface area contributed by atoms with E-state index in [0.717, 1.165) is 16.8 Å². The highest BCUT2D eigenvalue weighted by Crippen LogP contribution is 2.24. The summed E-state index contributed by atoms with van der Waals surface area (Å²) in [6, 6.07) is 7.17. The molecule has 4 rings (SSSR count). The standard InChI is InChI=1S/C21H20N4O3/c1-13-6-7-25(17-4-5-18(28-3)23-10-17)21(27)19(13)20(26)24-11-15-8-14(2)22-9-16(15)12-24/h4-10H,11-12H2,1-3H3. The van der Waals surface area contributed by atoms with Gasteiger partial charge in [0.15, 0.2) is 0 Å². The summed E-state index contributed by atoms with van der Waals surface area (Å²) in [5, 5.41) is 0. The number of carbonyl (C=O) groups excluding carboxylic acids is 1. The second kappa shape index (κ2) is 6.92. The van der Waals surface area contributed by atoms with E-state index in [4.69, 9.17) is 4.74 Å². The van der Waals surface area contributed by atoms with E-state index in [-0.39, 0.29) is 17.0 Å². The van der Waals surface area contributed by atoms with E-state index in [1.165, 1.54) is 11.7 Å². The van der Waals surface area contributed by atoms with Gasteiger partial charge in [0.05, 0.1) is 19.0 Å². The Balaban J connectivity index is 1.70. The van der Waals surface area contributed by atoms with Crippen molar-refractivity contribution in [3.05, 3.63) is 81.2 Å². The summed E-state index contributed by atoms with van der Waals surface area (Å²) in [5.41, 5.74) is 4.06. The van der Waals surface area contributed by atoms with E-state index in [9.17, 15) is 9.59 Å². The Morgan fingerprint density at radius 2 is 1.86 bits per heavy atom. The Hall–Kier alpha value is -3.48. The van der Waals surface area contributed by atoms with Gasteiger partial charge in [0.2, 0.25) is 5.88 Å². The van der Waals surface area contributed by atoms with Gasteiger partial charge in [0.25, 0.3) is 11.5 Å². The fraction of sp³-hybridized carbons (Fsp3) is 0.238. The maximum Gasteiger partial charge on any atom is 0.268 e. The van der Waals surface area contributed by atoms with Gasteiger partial charge in [-0.05, 0) is 48.7 Å². The van der Waals surface area contributed by atoms with Gasteiger partial charge in [-0.1, -0.05) is 0 Å². The molecule has 1 aliphatic heterocycles. The topological polar surface area (TPSA) is 77.3 Å². The average Bonchev–Trinajstić information content (AvgIpc) is 3.11. The van der Waals surface area contributed by atoms with Gasteiger partial charge < -0.3 is 9.64 Å². The molecule has 28 heavy (non-hydrogen) atoms. The highest BCUT2D eigenvalue weighted by Gasteiger charge is 2.28. The van der Waals surface area contributed by atoms with E-state index in [0.29, 0.717) is 30.2 Å². The lowest BCUT2D eigenvalue weighted by Crippen LogP contribution is -2.34. The minimum absolute atomic E-state index is 0.177. The van der Waals surface area contributed by atoms with Crippen LogP contribution in [-0.2, 0) is 13.1 Å². The Labute approximate surface area is 162 Å². The molecule has 0 aromatic carbocycles. The first-order chi connectivity index (χ1) is 13.5. The van der Waals surface area contributed by atoms with E-state index in [1.807, 2.05) is 13.0 Å². The number of methoxy groups -OCH3 is 1. The second-order valence-electron chi connectivity index (χ2n) is 6.86. The number of fused-ring (bicyclic) bond motifs is 1. The second-order valence-corrected chi connectivity index (χ2v) is 6.86. The van der Waals surface area contributed by atoms with Gasteiger partial charge in [0.1, 0.15) is 5.56 Å². The van der Waals surface area contributed by atoms with Crippen LogP contribution in [0, 0.1) is 13.8 Å². The molecule has 0 radical (unpaired) electrons. The van der Waals surface area contributed by atoms with Crippen LogP contribution in [0.2, 0.25) is 0 Å². The van der Waals surface area contributed by atoms with Crippen molar-refractivity contribution in [1.82, 2.24) is 19.4 Å². The smallest absolute Gasteiger partial charge is 0.268 e. The van der Waals surface area contributed by atoms with Crippen molar-refractivity contribution in [3.63, 3.8) is 0 Å². The molecule has 3 aromatic heterocycles. The van der Waals surface area contributed by atoms with Gasteiger partial charge in [0, 0.05) is 37.2 Å². The summed E-state index contributed by atoms with van der Waals surface area (Å²) in [6.07, 6.45) is 5.00. The van der Waals surface area contributed by atoms with Gasteiger partial charge in [-0.15, -0.1) is 0 Å². The third-order valence-electron chi connectivity index (χ3n) is 4.95. The lowest BCUT2D eigenvalue weighted by atomic mass is 10.1. The predicted molar refractivity (Wildman–Crippen MR) is 104 cm³/mol. The molecule has 0 saturated carbocycles. The van der Waals surface area contributed by atoms with Crippen LogP contribution in [0.3, 0.4) is 0 Å². The van der Waals surface area contributed by atoms with Gasteiger partial charge >= 0.3 is 0 Å². The maximum absolute atomic E-state index is 13.2. The summed E-state index contributed by atoms with van der Waals surface area (Å²) < 4.78 is 6.49. The van der Waals surface area contributed by atoms with Crippen LogP contribution in [0.25, 0.3) is 5.69 Å². The molecule has 0 saturated heterocycles. The summed E-state index contributed by atoms with van der Waals surface area (Å²) >= 11 is 0. The highest BCUT2D eigenvalue weighted by molar-refractivity contribution is 5.95. The van der Waals surface area contributed by atoms with E-state index in [2.05, 4.69) is 9.97 Å². The Morgan fingerprint density at radius 1 is 1.07 bits per heavy atom. The molecule has 0 unspecified atom stereocenters. The quantitative estimate of drug-likeness (QED) is 0.702. The number of aryl methyl sites for hydroxylation is 2. The van der Waals surface area contributed by atoms with Gasteiger partial charge in [-0.2, -0.15) is 0 Å². The zero-order valence-corrected chi connectivity index (χ0v) is 16.0. The van der Waals surface area contributed by atoms with Crippen molar-refractivity contribution in [2.24, 2.45) is 0 Å². The normalized spacial score (nSPS) is 12.8. The molecule has 1 aliphatic rings. The van der Waals surface area contributed by atoms with Crippen molar-refractivity contribution in [1.29, 1.82) is 0 Å². The highest BCUT2D eigenvalue weighted by atomic mass is 16.5. The largest absolute Gasteiger partial charge is 0.481 e. The lowest BCUT2D eigenvalue weighted by Gasteiger charge is -2.17. The SMILES string of the molecule is COc1ccc(-n2ccc(C)c(C(=O)N3Cc4cnc(C)cc4C3)c2=O)cn1. The molecule has 3 aromatic rings. The van der Waals surface area contributed by atoms with Gasteiger partial charge in [-0.3, -0.25) is 19.1 Å². The van der Waals surface area contributed by atoms with Gasteiger partial charge in [-0.25, -0.2) is 4.98 Å². The number of ether oxygens (including phenoxy) is 1. The van der Waals surface area contributed by atoms with Crippen LogP contribution in [0.4, 0.5) is 0 Å². The molecule has 7 nitrogen and oxygen atoms in total. The first kappa shape index (κ1) is 17.9. The summed E-state index contributed by atoms with van der Waals surface area (Å²) in [7, 11) is 1.53. The monoisotopic (exact) mass is 376 g/mol. The van der Waals surface area contributed by atoms with Crippen molar-refractivity contribution in [2.45, 2.75) is 26.9 Å². The zero-order valence-electron chi connectivity index (χ0n) is 16.0. The molecular weight excluding hydrogens is 356 g/mol. The molecule has 142 valence electrons. The first-order valence-electron chi connectivity index (χ1n) is 8.94. The number of hydrogen-bond acceptors (Lipinski definition) is 5. The molecule has 1 amide bonds. The average molecular weight is 376 g/mol. The van der Waals surface area contributed by atoms with Crippen LogP contribution in [0.15, 0.2) is 47.7 Å². The minimum atomic E-state index is -0.359. The third kappa shape index (κ3) is 3.05. The third-order valence-corrected chi connectivity index (χ3v) is 4.95. The van der Waals surface area contributed by atoms with Crippen LogP contribution in [-0.4, -0.2) is 32.5 Å². The van der Waals surface area contributed by atoms with E-state index in [1.54, 1.807) is 48.6 Å². The van der Waals surface area contributed by atoms with E-state index < -0.39 is 0 Å². The summed E-state index contributed by atoms with van der Waals surface area (Å²) in [4.78, 5) is 36.4. The van der Waals surface area contributed by atoms with Crippen molar-refractivity contribution < 1.29 is 9.53 Å². The number of amides is 1. The lowest BCUT2D eigenvalue weighted by molar-refractivity contribution is 0.0748. The van der Waals surface area contributed by atoms with Crippen LogP contribution < -0.4 is 10.3 Å². The van der Waals surface area contributed by atoms with Crippen molar-refractivity contribution >= 4 is 5.91 Å². The Kier molecular flexibility index (Phi) is 4.43. The van der Waals surface area contributed by atoms with Crippen molar-refractivity contribution in [3.8, 4) is 11.6 Å². The Morgan fingerprint density at radius 3 is 2.57 bits per heavy atom. The predicted octanol–water partition coefficient (Wildman–Crippen LogP) is 2.41. The molecular formula is C21H20N4O3. The molecule has 0 fully saturated rings. The molecule has 0 spiro atoms. The summed E-state index contributed by atoms with van der Waals surface area (Å²) in [6.45, 7) is 4.64. The number of carbonyl (C=O) groups is 1. The number of rotatable bonds is 3. The number of pyridine rings is 3. The number of hydrogen-bond donors (Lipinski definition) is 0. The molecule has 0 aliphatic carbocycles. The van der Waals surface area contributed by atoms with Crippen molar-refractivity contribution in [2.75, 3.05) is 7.11 Å². The molecule has 7 heteroatoms. The molecule has 4 heterocycles. The fourth-order valence-electron chi connectivity index (χ4n) is 3.43. The zero-order chi connectivity index (χ0) is 19.8. The van der Waals surface area contributed by atoms with Crippen LogP contribution in [0.5, 0.6) is 5.88 Å². The molecule has 0 bridgehead atoms. The molecule has 0 N–H and O–H groups in total. The summed E-state index contributed by atoms with van der Waals surface area (Å²) in [5.74, 6) is 0.186. The Bertz CT molecular complexity index is 1120. The fourth-order valence-corrected chi connectivity index (χ4v) is 3.43. The maximum atomic E-state index is 13.2.